The van der Waals surface area contributed by atoms with Crippen molar-refractivity contribution < 1.29 is 18.0 Å². The van der Waals surface area contributed by atoms with Gasteiger partial charge >= 0.3 is 6.03 Å². The summed E-state index contributed by atoms with van der Waals surface area (Å²) in [5.41, 5.74) is -0.344. The predicted molar refractivity (Wildman–Crippen MR) is 71.5 cm³/mol. The molecule has 2 aliphatic rings. The number of halogens is 3. The van der Waals surface area contributed by atoms with Crippen LogP contribution in [0.1, 0.15) is 12.8 Å². The highest BCUT2D eigenvalue weighted by molar-refractivity contribution is 5.89. The van der Waals surface area contributed by atoms with E-state index in [0.717, 1.165) is 25.2 Å². The summed E-state index contributed by atoms with van der Waals surface area (Å²) < 4.78 is 39.5. The van der Waals surface area contributed by atoms with E-state index in [1.54, 1.807) is 4.90 Å². The molecule has 21 heavy (non-hydrogen) atoms. The molecule has 3 rings (SSSR count). The van der Waals surface area contributed by atoms with E-state index >= 15 is 0 Å². The van der Waals surface area contributed by atoms with Gasteiger partial charge in [-0.1, -0.05) is 0 Å². The van der Waals surface area contributed by atoms with E-state index in [9.17, 15) is 18.0 Å². The van der Waals surface area contributed by atoms with Crippen molar-refractivity contribution in [1.82, 2.24) is 9.80 Å². The summed E-state index contributed by atoms with van der Waals surface area (Å²) in [5.74, 6) is -4.23. The van der Waals surface area contributed by atoms with E-state index in [1.165, 1.54) is 12.8 Å². The normalized spacial score (nSPS) is 19.7. The van der Waals surface area contributed by atoms with Gasteiger partial charge in [0.25, 0.3) is 0 Å². The van der Waals surface area contributed by atoms with Gasteiger partial charge in [-0.05, 0) is 25.0 Å². The quantitative estimate of drug-likeness (QED) is 0.851. The van der Waals surface area contributed by atoms with E-state index in [2.05, 4.69) is 10.2 Å². The number of hydrogen-bond acceptors (Lipinski definition) is 2. The van der Waals surface area contributed by atoms with Crippen LogP contribution in [-0.4, -0.2) is 48.1 Å². The molecule has 1 heterocycles. The van der Waals surface area contributed by atoms with Gasteiger partial charge in [0, 0.05) is 32.2 Å². The van der Waals surface area contributed by atoms with Gasteiger partial charge in [-0.15, -0.1) is 0 Å². The molecule has 1 aliphatic heterocycles. The van der Waals surface area contributed by atoms with Crippen LogP contribution < -0.4 is 5.32 Å². The van der Waals surface area contributed by atoms with Gasteiger partial charge in [-0.25, -0.2) is 18.0 Å². The Labute approximate surface area is 120 Å². The predicted octanol–water partition coefficient (Wildman–Crippen LogP) is 2.42. The van der Waals surface area contributed by atoms with Crippen LogP contribution in [0, 0.1) is 17.5 Å². The lowest BCUT2D eigenvalue weighted by atomic mass is 10.2. The van der Waals surface area contributed by atoms with Gasteiger partial charge in [0.15, 0.2) is 17.5 Å². The Kier molecular flexibility index (Phi) is 3.75. The van der Waals surface area contributed by atoms with Crippen molar-refractivity contribution in [2.45, 2.75) is 18.9 Å². The van der Waals surface area contributed by atoms with Crippen LogP contribution in [0.5, 0.6) is 0 Å². The molecular formula is C14H16F3N3O. The van der Waals surface area contributed by atoms with Crippen LogP contribution in [0.15, 0.2) is 12.1 Å². The molecule has 1 aliphatic carbocycles. The van der Waals surface area contributed by atoms with Crippen LogP contribution in [0.25, 0.3) is 0 Å². The highest BCUT2D eigenvalue weighted by Crippen LogP contribution is 2.27. The molecule has 1 aromatic carbocycles. The highest BCUT2D eigenvalue weighted by Gasteiger charge is 2.32. The van der Waals surface area contributed by atoms with Gasteiger partial charge < -0.3 is 10.2 Å². The third-order valence-corrected chi connectivity index (χ3v) is 3.94. The molecule has 0 aromatic heterocycles. The van der Waals surface area contributed by atoms with Gasteiger partial charge in [0.05, 0.1) is 5.69 Å². The summed E-state index contributed by atoms with van der Waals surface area (Å²) in [6.07, 6.45) is 2.43. The van der Waals surface area contributed by atoms with Crippen molar-refractivity contribution in [3.05, 3.63) is 29.6 Å². The minimum Gasteiger partial charge on any atom is -0.322 e. The molecule has 2 fully saturated rings. The minimum atomic E-state index is -1.58. The molecule has 4 nitrogen and oxygen atoms in total. The van der Waals surface area contributed by atoms with Crippen molar-refractivity contribution in [3.8, 4) is 0 Å². The molecule has 1 saturated carbocycles. The van der Waals surface area contributed by atoms with Crippen molar-refractivity contribution >= 4 is 11.7 Å². The molecule has 1 saturated heterocycles. The Morgan fingerprint density at radius 3 is 2.33 bits per heavy atom. The van der Waals surface area contributed by atoms with Crippen molar-refractivity contribution in [2.24, 2.45) is 0 Å². The molecule has 0 bridgehead atoms. The number of benzene rings is 1. The van der Waals surface area contributed by atoms with Gasteiger partial charge in [0.1, 0.15) is 0 Å². The maximum Gasteiger partial charge on any atom is 0.322 e. The van der Waals surface area contributed by atoms with Crippen molar-refractivity contribution in [1.29, 1.82) is 0 Å². The van der Waals surface area contributed by atoms with Crippen LogP contribution in [0.2, 0.25) is 0 Å². The van der Waals surface area contributed by atoms with E-state index in [-0.39, 0.29) is 5.69 Å². The number of piperazine rings is 1. The fourth-order valence-corrected chi connectivity index (χ4v) is 2.55. The van der Waals surface area contributed by atoms with Crippen LogP contribution >= 0.6 is 0 Å². The first-order valence-corrected chi connectivity index (χ1v) is 6.99. The number of anilines is 1. The molecule has 0 atom stereocenters. The molecule has 114 valence electrons. The molecule has 1 N–H and O–H groups in total. The van der Waals surface area contributed by atoms with Crippen molar-refractivity contribution in [3.63, 3.8) is 0 Å². The number of amides is 2. The number of carbonyl (C=O) groups is 1. The first-order valence-electron chi connectivity index (χ1n) is 6.99. The number of nitrogens with one attached hydrogen (secondary N) is 1. The maximum atomic E-state index is 13.5. The SMILES string of the molecule is O=C(Nc1ccc(F)c(F)c1F)N1CCN(C2CC2)CC1. The van der Waals surface area contributed by atoms with Crippen LogP contribution in [0.4, 0.5) is 23.7 Å². The lowest BCUT2D eigenvalue weighted by Crippen LogP contribution is -2.50. The number of carbonyl (C=O) groups excluding carboxylic acids is 1. The largest absolute Gasteiger partial charge is 0.322 e. The Bertz CT molecular complexity index is 555. The average Bonchev–Trinajstić information content (AvgIpc) is 3.33. The Balaban J connectivity index is 1.60. The third kappa shape index (κ3) is 2.97. The summed E-state index contributed by atoms with van der Waals surface area (Å²) in [4.78, 5) is 15.9. The number of rotatable bonds is 2. The van der Waals surface area contributed by atoms with Gasteiger partial charge in [-0.2, -0.15) is 0 Å². The second-order valence-corrected chi connectivity index (χ2v) is 5.41. The van der Waals surface area contributed by atoms with E-state index in [0.29, 0.717) is 19.1 Å². The Morgan fingerprint density at radius 2 is 1.71 bits per heavy atom. The molecule has 1 aromatic rings. The van der Waals surface area contributed by atoms with E-state index < -0.39 is 23.5 Å². The fraction of sp³-hybridized carbons (Fsp3) is 0.500. The summed E-state index contributed by atoms with van der Waals surface area (Å²) in [6.45, 7) is 2.68. The molecule has 7 heteroatoms. The molecule has 0 spiro atoms. The second-order valence-electron chi connectivity index (χ2n) is 5.41. The van der Waals surface area contributed by atoms with Crippen LogP contribution in [0.3, 0.4) is 0 Å². The zero-order valence-corrected chi connectivity index (χ0v) is 11.4. The lowest BCUT2D eigenvalue weighted by Gasteiger charge is -2.34. The summed E-state index contributed by atoms with van der Waals surface area (Å²) >= 11 is 0. The minimum absolute atomic E-state index is 0.344. The smallest absolute Gasteiger partial charge is 0.322 e. The molecule has 2 amide bonds. The van der Waals surface area contributed by atoms with Crippen molar-refractivity contribution in [2.75, 3.05) is 31.5 Å². The fourth-order valence-electron chi connectivity index (χ4n) is 2.55. The Morgan fingerprint density at radius 1 is 1.05 bits per heavy atom. The zero-order valence-electron chi connectivity index (χ0n) is 11.4. The number of hydrogen-bond donors (Lipinski definition) is 1. The average molecular weight is 299 g/mol. The monoisotopic (exact) mass is 299 g/mol. The Hall–Kier alpha value is -1.76. The molecule has 0 radical (unpaired) electrons. The standard InChI is InChI=1S/C14H16F3N3O/c15-10-3-4-11(13(17)12(10)16)18-14(21)20-7-5-19(6-8-20)9-1-2-9/h3-4,9H,1-2,5-8H2,(H,18,21). The van der Waals surface area contributed by atoms with E-state index in [4.69, 9.17) is 0 Å². The number of urea groups is 1. The van der Waals surface area contributed by atoms with Crippen LogP contribution in [-0.2, 0) is 0 Å². The second kappa shape index (κ2) is 5.55. The first-order chi connectivity index (χ1) is 10.1. The molecular weight excluding hydrogens is 283 g/mol. The first kappa shape index (κ1) is 14.2. The summed E-state index contributed by atoms with van der Waals surface area (Å²) in [6, 6.07) is 1.97. The zero-order chi connectivity index (χ0) is 15.0. The van der Waals surface area contributed by atoms with Gasteiger partial charge in [0.2, 0.25) is 0 Å². The summed E-state index contributed by atoms with van der Waals surface area (Å²) in [7, 11) is 0. The third-order valence-electron chi connectivity index (χ3n) is 3.94. The van der Waals surface area contributed by atoms with Gasteiger partial charge in [-0.3, -0.25) is 4.90 Å². The lowest BCUT2D eigenvalue weighted by molar-refractivity contribution is 0.142. The summed E-state index contributed by atoms with van der Waals surface area (Å²) in [5, 5.41) is 2.29. The van der Waals surface area contributed by atoms with E-state index in [1.807, 2.05) is 0 Å². The maximum absolute atomic E-state index is 13.5. The molecule has 0 unspecified atom stereocenters. The highest BCUT2D eigenvalue weighted by atomic mass is 19.2. The number of nitrogens with zero attached hydrogens (tertiary/aromatic N) is 2. The topological polar surface area (TPSA) is 35.6 Å².